The first-order valence-electron chi connectivity index (χ1n) is 4.73. The van der Waals surface area contributed by atoms with E-state index in [1.165, 1.54) is 5.56 Å². The van der Waals surface area contributed by atoms with Crippen molar-refractivity contribution in [3.05, 3.63) is 24.0 Å². The van der Waals surface area contributed by atoms with Gasteiger partial charge in [-0.05, 0) is 37.7 Å². The van der Waals surface area contributed by atoms with Crippen LogP contribution in [0.2, 0.25) is 0 Å². The van der Waals surface area contributed by atoms with Crippen molar-refractivity contribution in [3.8, 4) is 0 Å². The molecular formula is C10H17N3S. The minimum absolute atomic E-state index is 0.380. The second-order valence-corrected chi connectivity index (χ2v) is 4.08. The van der Waals surface area contributed by atoms with E-state index in [1.807, 2.05) is 17.8 Å². The van der Waals surface area contributed by atoms with Crippen molar-refractivity contribution in [1.82, 2.24) is 15.2 Å². The van der Waals surface area contributed by atoms with E-state index in [4.69, 9.17) is 12.2 Å². The highest BCUT2D eigenvalue weighted by molar-refractivity contribution is 7.80. The van der Waals surface area contributed by atoms with E-state index in [-0.39, 0.29) is 0 Å². The third-order valence-electron chi connectivity index (χ3n) is 1.77. The summed E-state index contributed by atoms with van der Waals surface area (Å²) in [7, 11) is 2.01. The zero-order valence-electron chi connectivity index (χ0n) is 8.87. The summed E-state index contributed by atoms with van der Waals surface area (Å²) in [5.74, 6) is 0. The van der Waals surface area contributed by atoms with Crippen LogP contribution in [0.3, 0.4) is 0 Å². The number of hydrogen-bond acceptors (Lipinski definition) is 1. The molecule has 1 heterocycles. The summed E-state index contributed by atoms with van der Waals surface area (Å²) in [6.07, 6.45) is 4.10. The van der Waals surface area contributed by atoms with Gasteiger partial charge in [-0.15, -0.1) is 0 Å². The van der Waals surface area contributed by atoms with Crippen LogP contribution in [0.25, 0.3) is 0 Å². The van der Waals surface area contributed by atoms with Crippen LogP contribution in [0.5, 0.6) is 0 Å². The van der Waals surface area contributed by atoms with E-state index in [2.05, 4.69) is 36.7 Å². The summed E-state index contributed by atoms with van der Waals surface area (Å²) in [6.45, 7) is 4.91. The topological polar surface area (TPSA) is 29.0 Å². The van der Waals surface area contributed by atoms with Gasteiger partial charge in [-0.3, -0.25) is 0 Å². The van der Waals surface area contributed by atoms with Gasteiger partial charge in [0.15, 0.2) is 5.11 Å². The van der Waals surface area contributed by atoms with Crippen LogP contribution in [-0.4, -0.2) is 15.7 Å². The van der Waals surface area contributed by atoms with Gasteiger partial charge in [0.05, 0.1) is 0 Å². The minimum atomic E-state index is 0.380. The minimum Gasteiger partial charge on any atom is -0.361 e. The molecule has 4 heteroatoms. The molecular weight excluding hydrogens is 194 g/mol. The quantitative estimate of drug-likeness (QED) is 0.741. The van der Waals surface area contributed by atoms with Crippen molar-refractivity contribution in [3.63, 3.8) is 0 Å². The maximum Gasteiger partial charge on any atom is 0.166 e. The molecule has 0 unspecified atom stereocenters. The fourth-order valence-corrected chi connectivity index (χ4v) is 1.47. The van der Waals surface area contributed by atoms with Crippen molar-refractivity contribution in [2.45, 2.75) is 26.4 Å². The van der Waals surface area contributed by atoms with Gasteiger partial charge in [-0.25, -0.2) is 0 Å². The first kappa shape index (κ1) is 11.0. The molecule has 0 atom stereocenters. The summed E-state index contributed by atoms with van der Waals surface area (Å²) in [5.41, 5.74) is 1.24. The summed E-state index contributed by atoms with van der Waals surface area (Å²) >= 11 is 5.11. The van der Waals surface area contributed by atoms with E-state index in [1.54, 1.807) is 0 Å². The predicted octanol–water partition coefficient (Wildman–Crippen LogP) is 1.40. The van der Waals surface area contributed by atoms with Crippen LogP contribution in [0, 0.1) is 0 Å². The predicted molar refractivity (Wildman–Crippen MR) is 63.1 cm³/mol. The first-order valence-corrected chi connectivity index (χ1v) is 5.14. The van der Waals surface area contributed by atoms with Crippen molar-refractivity contribution in [1.29, 1.82) is 0 Å². The van der Waals surface area contributed by atoms with Crippen molar-refractivity contribution >= 4 is 17.3 Å². The Balaban J connectivity index is 2.30. The summed E-state index contributed by atoms with van der Waals surface area (Å²) in [6, 6.07) is 2.45. The normalized spacial score (nSPS) is 10.3. The maximum atomic E-state index is 5.11. The molecule has 0 amide bonds. The van der Waals surface area contributed by atoms with Crippen LogP contribution >= 0.6 is 12.2 Å². The molecule has 78 valence electrons. The Bertz CT molecular complexity index is 304. The van der Waals surface area contributed by atoms with E-state index < -0.39 is 0 Å². The summed E-state index contributed by atoms with van der Waals surface area (Å²) < 4.78 is 2.02. The summed E-state index contributed by atoms with van der Waals surface area (Å²) in [5, 5.41) is 7.00. The number of thiocarbonyl (C=S) groups is 1. The fourth-order valence-electron chi connectivity index (χ4n) is 1.16. The van der Waals surface area contributed by atoms with Crippen LogP contribution in [0.1, 0.15) is 19.4 Å². The third-order valence-corrected chi connectivity index (χ3v) is 2.03. The van der Waals surface area contributed by atoms with Gasteiger partial charge in [-0.2, -0.15) is 0 Å². The van der Waals surface area contributed by atoms with E-state index in [0.717, 1.165) is 6.54 Å². The molecule has 3 nitrogen and oxygen atoms in total. The lowest BCUT2D eigenvalue weighted by molar-refractivity contribution is 0.712. The van der Waals surface area contributed by atoms with Gasteiger partial charge >= 0.3 is 0 Å². The highest BCUT2D eigenvalue weighted by Gasteiger charge is 1.98. The lowest BCUT2D eigenvalue weighted by Gasteiger charge is -2.12. The summed E-state index contributed by atoms with van der Waals surface area (Å²) in [4.78, 5) is 0. The third kappa shape index (κ3) is 3.79. The number of hydrogen-bond donors (Lipinski definition) is 2. The van der Waals surface area contributed by atoms with Crippen molar-refractivity contribution < 1.29 is 0 Å². The molecule has 0 aliphatic carbocycles. The van der Waals surface area contributed by atoms with E-state index in [9.17, 15) is 0 Å². The molecule has 1 aromatic rings. The fraction of sp³-hybridized carbons (Fsp3) is 0.500. The Morgan fingerprint density at radius 3 is 2.79 bits per heavy atom. The van der Waals surface area contributed by atoms with Gasteiger partial charge in [-0.1, -0.05) is 0 Å². The van der Waals surface area contributed by atoms with Crippen LogP contribution in [-0.2, 0) is 13.6 Å². The Labute approximate surface area is 90.5 Å². The molecule has 0 aromatic carbocycles. The molecule has 0 radical (unpaired) electrons. The Morgan fingerprint density at radius 2 is 2.29 bits per heavy atom. The second kappa shape index (κ2) is 5.00. The molecule has 0 fully saturated rings. The highest BCUT2D eigenvalue weighted by Crippen LogP contribution is 1.98. The molecule has 2 N–H and O–H groups in total. The number of aryl methyl sites for hydroxylation is 1. The second-order valence-electron chi connectivity index (χ2n) is 3.67. The van der Waals surface area contributed by atoms with Gasteiger partial charge in [0, 0.05) is 32.0 Å². The smallest absolute Gasteiger partial charge is 0.166 e. The maximum absolute atomic E-state index is 5.11. The molecule has 0 spiro atoms. The van der Waals surface area contributed by atoms with Gasteiger partial charge < -0.3 is 15.2 Å². The molecule has 0 aliphatic rings. The number of nitrogens with one attached hydrogen (secondary N) is 2. The zero-order valence-corrected chi connectivity index (χ0v) is 9.69. The monoisotopic (exact) mass is 211 g/mol. The standard InChI is InChI=1S/C10H17N3S/c1-8(2)12-10(14)11-6-9-4-5-13(3)7-9/h4-5,7-8H,6H2,1-3H3,(H2,11,12,14). The lowest BCUT2D eigenvalue weighted by atomic mass is 10.3. The van der Waals surface area contributed by atoms with Crippen LogP contribution in [0.4, 0.5) is 0 Å². The molecule has 1 rings (SSSR count). The molecule has 0 aliphatic heterocycles. The Kier molecular flexibility index (Phi) is 3.95. The van der Waals surface area contributed by atoms with E-state index in [0.29, 0.717) is 11.2 Å². The average Bonchev–Trinajstić information content (AvgIpc) is 2.47. The average molecular weight is 211 g/mol. The highest BCUT2D eigenvalue weighted by atomic mass is 32.1. The first-order chi connectivity index (χ1) is 6.58. The van der Waals surface area contributed by atoms with Gasteiger partial charge in [0.2, 0.25) is 0 Å². The van der Waals surface area contributed by atoms with Gasteiger partial charge in [0.1, 0.15) is 0 Å². The Hall–Kier alpha value is -1.03. The SMILES string of the molecule is CC(C)NC(=S)NCc1ccn(C)c1. The molecule has 0 saturated heterocycles. The largest absolute Gasteiger partial charge is 0.361 e. The van der Waals surface area contributed by atoms with Crippen molar-refractivity contribution in [2.24, 2.45) is 7.05 Å². The molecule has 1 aromatic heterocycles. The van der Waals surface area contributed by atoms with Crippen LogP contribution < -0.4 is 10.6 Å². The Morgan fingerprint density at radius 1 is 1.57 bits per heavy atom. The van der Waals surface area contributed by atoms with Crippen molar-refractivity contribution in [2.75, 3.05) is 0 Å². The van der Waals surface area contributed by atoms with Gasteiger partial charge in [0.25, 0.3) is 0 Å². The number of nitrogens with zero attached hydrogens (tertiary/aromatic N) is 1. The van der Waals surface area contributed by atoms with E-state index >= 15 is 0 Å². The number of aromatic nitrogens is 1. The zero-order chi connectivity index (χ0) is 10.6. The lowest BCUT2D eigenvalue weighted by Crippen LogP contribution is -2.38. The molecule has 0 saturated carbocycles. The molecule has 0 bridgehead atoms. The molecule has 14 heavy (non-hydrogen) atoms. The number of rotatable bonds is 3. The van der Waals surface area contributed by atoms with Crippen LogP contribution in [0.15, 0.2) is 18.5 Å².